The third-order valence-corrected chi connectivity index (χ3v) is 5.82. The Morgan fingerprint density at radius 3 is 2.17 bits per heavy atom. The summed E-state index contributed by atoms with van der Waals surface area (Å²) in [4.78, 5) is 0. The summed E-state index contributed by atoms with van der Waals surface area (Å²) in [5, 5.41) is 27.1. The lowest BCUT2D eigenvalue weighted by atomic mass is 9.95. The highest BCUT2D eigenvalue weighted by molar-refractivity contribution is 9.10. The fourth-order valence-corrected chi connectivity index (χ4v) is 4.61. The molecule has 1 aromatic heterocycles. The van der Waals surface area contributed by atoms with Gasteiger partial charge in [-0.2, -0.15) is 0 Å². The summed E-state index contributed by atoms with van der Waals surface area (Å²) in [7, 11) is 0. The zero-order chi connectivity index (χ0) is 15.7. The molecule has 2 unspecified atom stereocenters. The number of rotatable bonds is 1. The molecule has 3 heterocycles. The monoisotopic (exact) mass is 370 g/mol. The molecule has 0 radical (unpaired) electrons. The molecule has 5 heteroatoms. The second-order valence-electron chi connectivity index (χ2n) is 6.27. The average Bonchev–Trinajstić information content (AvgIpc) is 3.24. The van der Waals surface area contributed by atoms with E-state index in [1.807, 2.05) is 36.4 Å². The van der Waals surface area contributed by atoms with Gasteiger partial charge in [0.05, 0.1) is 5.69 Å². The van der Waals surface area contributed by atoms with E-state index < -0.39 is 0 Å². The van der Waals surface area contributed by atoms with E-state index in [0.29, 0.717) is 0 Å². The van der Waals surface area contributed by atoms with Gasteiger partial charge in [0.15, 0.2) is 0 Å². The normalized spacial score (nSPS) is 22.0. The van der Waals surface area contributed by atoms with Crippen LogP contribution in [0, 0.1) is 0 Å². The molecule has 0 saturated carbocycles. The van der Waals surface area contributed by atoms with Crippen molar-refractivity contribution in [2.45, 2.75) is 24.9 Å². The lowest BCUT2D eigenvalue weighted by Gasteiger charge is -2.13. The Balaban J connectivity index is 1.84. The van der Waals surface area contributed by atoms with Crippen molar-refractivity contribution < 1.29 is 10.2 Å². The first-order valence-electron chi connectivity index (χ1n) is 7.77. The minimum absolute atomic E-state index is 0.156. The number of nitrogens with one attached hydrogen (secondary N) is 1. The van der Waals surface area contributed by atoms with Crippen LogP contribution in [-0.4, -0.2) is 14.8 Å². The molecule has 0 aliphatic carbocycles. The van der Waals surface area contributed by atoms with E-state index in [2.05, 4.69) is 21.2 Å². The average molecular weight is 371 g/mol. The van der Waals surface area contributed by atoms with Crippen LogP contribution in [0.3, 0.4) is 0 Å². The van der Waals surface area contributed by atoms with Crippen molar-refractivity contribution in [1.29, 1.82) is 0 Å². The summed E-state index contributed by atoms with van der Waals surface area (Å²) in [6.45, 7) is 0. The molecule has 2 aromatic carbocycles. The zero-order valence-corrected chi connectivity index (χ0v) is 13.8. The number of aromatic nitrogens is 1. The SMILES string of the molecule is Oc1c2c(c(O)n1-c1ccc(Br)c3ccccc13)C1CCC2N1. The Bertz CT molecular complexity index is 930. The van der Waals surface area contributed by atoms with Gasteiger partial charge >= 0.3 is 0 Å². The van der Waals surface area contributed by atoms with Gasteiger partial charge in [0, 0.05) is 33.1 Å². The maximum Gasteiger partial charge on any atom is 0.203 e. The number of hydrogen-bond acceptors (Lipinski definition) is 3. The Morgan fingerprint density at radius 1 is 0.913 bits per heavy atom. The van der Waals surface area contributed by atoms with Crippen molar-refractivity contribution in [3.8, 4) is 17.4 Å². The lowest BCUT2D eigenvalue weighted by molar-refractivity contribution is 0.392. The molecular weight excluding hydrogens is 356 g/mol. The summed E-state index contributed by atoms with van der Waals surface area (Å²) in [5.74, 6) is 0.314. The van der Waals surface area contributed by atoms with Gasteiger partial charge in [-0.25, -0.2) is 0 Å². The first-order valence-corrected chi connectivity index (χ1v) is 8.56. The number of hydrogen-bond donors (Lipinski definition) is 3. The van der Waals surface area contributed by atoms with Crippen LogP contribution >= 0.6 is 15.9 Å². The van der Waals surface area contributed by atoms with Crippen molar-refractivity contribution in [3.05, 3.63) is 52.0 Å². The van der Waals surface area contributed by atoms with Crippen LogP contribution in [0.4, 0.5) is 0 Å². The quantitative estimate of drug-likeness (QED) is 0.598. The molecule has 4 nitrogen and oxygen atoms in total. The molecule has 0 spiro atoms. The standard InChI is InChI=1S/C18H15BrN2O2/c19-11-5-8-14(10-4-2-1-3-9(10)11)21-17(22)15-12-6-7-13(20-12)16(15)18(21)23/h1-5,8,12-13,20,22-23H,6-7H2. The predicted molar refractivity (Wildman–Crippen MR) is 92.2 cm³/mol. The number of benzene rings is 2. The van der Waals surface area contributed by atoms with Crippen LogP contribution in [-0.2, 0) is 0 Å². The van der Waals surface area contributed by atoms with Crippen LogP contribution in [0.5, 0.6) is 11.8 Å². The van der Waals surface area contributed by atoms with E-state index in [1.165, 1.54) is 0 Å². The third kappa shape index (κ3) is 1.64. The number of halogens is 1. The molecule has 0 amide bonds. The summed E-state index contributed by atoms with van der Waals surface area (Å²) in [6.07, 6.45) is 2.02. The Morgan fingerprint density at radius 2 is 1.52 bits per heavy atom. The van der Waals surface area contributed by atoms with Crippen LogP contribution in [0.15, 0.2) is 40.9 Å². The van der Waals surface area contributed by atoms with Crippen LogP contribution < -0.4 is 5.32 Å². The van der Waals surface area contributed by atoms with E-state index in [4.69, 9.17) is 0 Å². The topological polar surface area (TPSA) is 57.4 Å². The highest BCUT2D eigenvalue weighted by atomic mass is 79.9. The fraction of sp³-hybridized carbons (Fsp3) is 0.222. The van der Waals surface area contributed by atoms with E-state index in [9.17, 15) is 10.2 Å². The van der Waals surface area contributed by atoms with Crippen LogP contribution in [0.2, 0.25) is 0 Å². The van der Waals surface area contributed by atoms with Crippen molar-refractivity contribution in [1.82, 2.24) is 9.88 Å². The highest BCUT2D eigenvalue weighted by Crippen LogP contribution is 2.55. The lowest BCUT2D eigenvalue weighted by Crippen LogP contribution is -2.08. The number of nitrogens with zero attached hydrogens (tertiary/aromatic N) is 1. The second kappa shape index (κ2) is 4.52. The first-order chi connectivity index (χ1) is 11.2. The van der Waals surface area contributed by atoms with Crippen molar-refractivity contribution >= 4 is 26.7 Å². The van der Waals surface area contributed by atoms with Gasteiger partial charge in [-0.3, -0.25) is 4.57 Å². The van der Waals surface area contributed by atoms with Gasteiger partial charge < -0.3 is 15.5 Å². The van der Waals surface area contributed by atoms with Crippen molar-refractivity contribution in [2.24, 2.45) is 0 Å². The maximum absolute atomic E-state index is 10.8. The maximum atomic E-state index is 10.8. The molecule has 2 aliphatic heterocycles. The van der Waals surface area contributed by atoms with Crippen LogP contribution in [0.25, 0.3) is 16.5 Å². The third-order valence-electron chi connectivity index (χ3n) is 5.13. The molecule has 2 bridgehead atoms. The highest BCUT2D eigenvalue weighted by Gasteiger charge is 2.44. The second-order valence-corrected chi connectivity index (χ2v) is 7.13. The molecule has 2 atom stereocenters. The molecule has 1 saturated heterocycles. The molecule has 116 valence electrons. The van der Waals surface area contributed by atoms with E-state index in [0.717, 1.165) is 44.9 Å². The Kier molecular flexibility index (Phi) is 2.65. The predicted octanol–water partition coefficient (Wildman–Crippen LogP) is 4.28. The van der Waals surface area contributed by atoms with E-state index in [1.54, 1.807) is 4.57 Å². The molecule has 1 fully saturated rings. The van der Waals surface area contributed by atoms with Crippen molar-refractivity contribution in [2.75, 3.05) is 0 Å². The van der Waals surface area contributed by atoms with Crippen LogP contribution in [0.1, 0.15) is 36.1 Å². The summed E-state index contributed by atoms with van der Waals surface area (Å²) in [5.41, 5.74) is 2.53. The summed E-state index contributed by atoms with van der Waals surface area (Å²) >= 11 is 3.57. The smallest absolute Gasteiger partial charge is 0.203 e. The molecule has 23 heavy (non-hydrogen) atoms. The Labute approximate surface area is 141 Å². The largest absolute Gasteiger partial charge is 0.494 e. The Hall–Kier alpha value is -1.98. The first kappa shape index (κ1) is 13.5. The number of fused-ring (bicyclic) bond motifs is 6. The molecule has 2 aliphatic rings. The summed E-state index contributed by atoms with van der Waals surface area (Å²) < 4.78 is 2.59. The van der Waals surface area contributed by atoms with E-state index >= 15 is 0 Å². The molecule has 3 N–H and O–H groups in total. The van der Waals surface area contributed by atoms with Gasteiger partial charge in [-0.1, -0.05) is 40.2 Å². The molecule has 5 rings (SSSR count). The summed E-state index contributed by atoms with van der Waals surface area (Å²) in [6, 6.07) is 12.2. The van der Waals surface area contributed by atoms with E-state index in [-0.39, 0.29) is 23.8 Å². The minimum atomic E-state index is 0.156. The van der Waals surface area contributed by atoms with Gasteiger partial charge in [0.25, 0.3) is 0 Å². The molecule has 3 aromatic rings. The van der Waals surface area contributed by atoms with Gasteiger partial charge in [0.1, 0.15) is 0 Å². The molecular formula is C18H15BrN2O2. The van der Waals surface area contributed by atoms with Gasteiger partial charge in [0.2, 0.25) is 11.8 Å². The zero-order valence-electron chi connectivity index (χ0n) is 12.3. The minimum Gasteiger partial charge on any atom is -0.494 e. The fourth-order valence-electron chi connectivity index (χ4n) is 4.14. The van der Waals surface area contributed by atoms with Gasteiger partial charge in [-0.05, 0) is 30.4 Å². The van der Waals surface area contributed by atoms with Crippen molar-refractivity contribution in [3.63, 3.8) is 0 Å². The van der Waals surface area contributed by atoms with Gasteiger partial charge in [-0.15, -0.1) is 0 Å². The number of aromatic hydroxyl groups is 2.